The molecule has 9 heteroatoms. The van der Waals surface area contributed by atoms with Gasteiger partial charge >= 0.3 is 6.09 Å². The third kappa shape index (κ3) is 5.70. The number of hydrogen-bond donors (Lipinski definition) is 2. The summed E-state index contributed by atoms with van der Waals surface area (Å²) >= 11 is 0. The minimum Gasteiger partial charge on any atom is -0.447 e. The summed E-state index contributed by atoms with van der Waals surface area (Å²) in [5.41, 5.74) is 2.97. The van der Waals surface area contributed by atoms with Crippen molar-refractivity contribution in [2.75, 3.05) is 31.0 Å². The summed E-state index contributed by atoms with van der Waals surface area (Å²) in [6, 6.07) is 14.6. The second kappa shape index (κ2) is 10.5. The van der Waals surface area contributed by atoms with Gasteiger partial charge in [0.2, 0.25) is 5.82 Å². The number of rotatable bonds is 8. The number of para-hydroxylation sites is 1. The number of ether oxygens (including phenoxy) is 2. The monoisotopic (exact) mass is 437 g/mol. The number of methoxy groups -OCH3 is 1. The van der Waals surface area contributed by atoms with E-state index in [1.54, 1.807) is 35.9 Å². The molecule has 0 saturated carbocycles. The van der Waals surface area contributed by atoms with Gasteiger partial charge in [-0.15, -0.1) is 5.10 Å². The molecule has 2 amide bonds. The van der Waals surface area contributed by atoms with Gasteiger partial charge in [0.05, 0.1) is 12.3 Å². The number of hydrogen-bond acceptors (Lipinski definition) is 6. The quantitative estimate of drug-likeness (QED) is 0.513. The number of anilines is 2. The van der Waals surface area contributed by atoms with Gasteiger partial charge in [-0.2, -0.15) is 0 Å². The Morgan fingerprint density at radius 2 is 1.75 bits per heavy atom. The summed E-state index contributed by atoms with van der Waals surface area (Å²) in [4.78, 5) is 28.9. The van der Waals surface area contributed by atoms with E-state index in [2.05, 4.69) is 34.6 Å². The van der Waals surface area contributed by atoms with E-state index >= 15 is 0 Å². The third-order valence-electron chi connectivity index (χ3n) is 4.65. The molecule has 0 bridgehead atoms. The molecule has 3 rings (SSSR count). The van der Waals surface area contributed by atoms with E-state index in [0.29, 0.717) is 29.7 Å². The van der Waals surface area contributed by atoms with Crippen LogP contribution in [0.15, 0.2) is 48.5 Å². The van der Waals surface area contributed by atoms with E-state index in [0.717, 1.165) is 11.3 Å². The van der Waals surface area contributed by atoms with Gasteiger partial charge < -0.3 is 14.8 Å². The predicted molar refractivity (Wildman–Crippen MR) is 121 cm³/mol. The normalized spacial score (nSPS) is 10.8. The number of nitrogens with one attached hydrogen (secondary N) is 2. The van der Waals surface area contributed by atoms with Crippen LogP contribution in [0.3, 0.4) is 0 Å². The summed E-state index contributed by atoms with van der Waals surface area (Å²) in [7, 11) is 1.52. The number of carbonyl (C=O) groups is 2. The standard InChI is InChI=1S/C23H27N5O4/c1-15(2)19-10-5-6-11-20(19)28-16(3)24-21(27-28)22(29)25-17-8-7-9-18(14-17)26-23(30)32-13-12-31-4/h5-11,14-15H,12-13H2,1-4H3,(H,25,29)(H,26,30). The molecule has 32 heavy (non-hydrogen) atoms. The molecule has 0 aliphatic rings. The van der Waals surface area contributed by atoms with Crippen molar-refractivity contribution in [2.24, 2.45) is 0 Å². The van der Waals surface area contributed by atoms with Crippen LogP contribution in [0.1, 0.15) is 41.8 Å². The maximum Gasteiger partial charge on any atom is 0.411 e. The SMILES string of the molecule is COCCOC(=O)Nc1cccc(NC(=O)c2nc(C)n(-c3ccccc3C(C)C)n2)c1. The first-order valence-electron chi connectivity index (χ1n) is 10.3. The van der Waals surface area contributed by atoms with Crippen LogP contribution >= 0.6 is 0 Å². The van der Waals surface area contributed by atoms with Gasteiger partial charge in [-0.1, -0.05) is 38.1 Å². The summed E-state index contributed by atoms with van der Waals surface area (Å²) < 4.78 is 11.5. The third-order valence-corrected chi connectivity index (χ3v) is 4.65. The molecule has 0 atom stereocenters. The second-order valence-electron chi connectivity index (χ2n) is 7.40. The topological polar surface area (TPSA) is 107 Å². The van der Waals surface area contributed by atoms with E-state index in [9.17, 15) is 9.59 Å². The van der Waals surface area contributed by atoms with Crippen LogP contribution in [0.2, 0.25) is 0 Å². The highest BCUT2D eigenvalue weighted by atomic mass is 16.6. The van der Waals surface area contributed by atoms with Gasteiger partial charge in [0.25, 0.3) is 5.91 Å². The molecule has 1 heterocycles. The van der Waals surface area contributed by atoms with Crippen molar-refractivity contribution >= 4 is 23.4 Å². The lowest BCUT2D eigenvalue weighted by Crippen LogP contribution is -2.17. The summed E-state index contributed by atoms with van der Waals surface area (Å²) in [6.07, 6.45) is -0.606. The van der Waals surface area contributed by atoms with Crippen LogP contribution in [0.25, 0.3) is 5.69 Å². The first-order chi connectivity index (χ1) is 15.4. The lowest BCUT2D eigenvalue weighted by Gasteiger charge is -2.12. The van der Waals surface area contributed by atoms with Crippen molar-refractivity contribution in [3.8, 4) is 5.69 Å². The van der Waals surface area contributed by atoms with E-state index in [1.807, 2.05) is 24.3 Å². The van der Waals surface area contributed by atoms with Crippen LogP contribution < -0.4 is 10.6 Å². The van der Waals surface area contributed by atoms with Crippen LogP contribution in [-0.4, -0.2) is 47.1 Å². The molecule has 2 N–H and O–H groups in total. The fraction of sp³-hybridized carbons (Fsp3) is 0.304. The molecular weight excluding hydrogens is 410 g/mol. The van der Waals surface area contributed by atoms with Crippen molar-refractivity contribution in [2.45, 2.75) is 26.7 Å². The highest BCUT2D eigenvalue weighted by Gasteiger charge is 2.18. The second-order valence-corrected chi connectivity index (χ2v) is 7.40. The van der Waals surface area contributed by atoms with Gasteiger partial charge in [0.15, 0.2) is 0 Å². The van der Waals surface area contributed by atoms with E-state index in [-0.39, 0.29) is 12.4 Å². The van der Waals surface area contributed by atoms with E-state index in [1.165, 1.54) is 7.11 Å². The Balaban J connectivity index is 1.72. The van der Waals surface area contributed by atoms with Crippen LogP contribution in [0.4, 0.5) is 16.2 Å². The van der Waals surface area contributed by atoms with Crippen LogP contribution in [-0.2, 0) is 9.47 Å². The van der Waals surface area contributed by atoms with Crippen molar-refractivity contribution < 1.29 is 19.1 Å². The van der Waals surface area contributed by atoms with Crippen molar-refractivity contribution in [1.29, 1.82) is 0 Å². The summed E-state index contributed by atoms with van der Waals surface area (Å²) in [5, 5.41) is 9.79. The van der Waals surface area contributed by atoms with Gasteiger partial charge in [0.1, 0.15) is 12.4 Å². The molecule has 2 aromatic carbocycles. The maximum absolute atomic E-state index is 12.8. The van der Waals surface area contributed by atoms with Gasteiger partial charge in [-0.3, -0.25) is 10.1 Å². The van der Waals surface area contributed by atoms with E-state index < -0.39 is 12.0 Å². The number of aryl methyl sites for hydroxylation is 1. The highest BCUT2D eigenvalue weighted by Crippen LogP contribution is 2.23. The molecule has 0 spiro atoms. The van der Waals surface area contributed by atoms with Crippen molar-refractivity contribution in [1.82, 2.24) is 14.8 Å². The molecule has 0 unspecified atom stereocenters. The average Bonchev–Trinajstić information content (AvgIpc) is 3.16. The van der Waals surface area contributed by atoms with Crippen LogP contribution in [0.5, 0.6) is 0 Å². The number of amides is 2. The lowest BCUT2D eigenvalue weighted by atomic mass is 10.0. The summed E-state index contributed by atoms with van der Waals surface area (Å²) in [5.74, 6) is 0.507. The molecule has 1 aromatic heterocycles. The molecule has 9 nitrogen and oxygen atoms in total. The van der Waals surface area contributed by atoms with Crippen LogP contribution in [0, 0.1) is 6.92 Å². The van der Waals surface area contributed by atoms with Gasteiger partial charge in [0, 0.05) is 18.5 Å². The molecule has 0 fully saturated rings. The lowest BCUT2D eigenvalue weighted by molar-refractivity contribution is 0.101. The molecule has 0 aliphatic carbocycles. The fourth-order valence-electron chi connectivity index (χ4n) is 3.12. The van der Waals surface area contributed by atoms with E-state index in [4.69, 9.17) is 9.47 Å². The summed E-state index contributed by atoms with van der Waals surface area (Å²) in [6.45, 7) is 6.47. The molecule has 0 aliphatic heterocycles. The molecule has 0 radical (unpaired) electrons. The zero-order valence-corrected chi connectivity index (χ0v) is 18.6. The zero-order valence-electron chi connectivity index (χ0n) is 18.6. The Morgan fingerprint density at radius 3 is 2.47 bits per heavy atom. The number of aromatic nitrogens is 3. The fourth-order valence-corrected chi connectivity index (χ4v) is 3.12. The van der Waals surface area contributed by atoms with Crippen molar-refractivity contribution in [3.05, 3.63) is 65.7 Å². The first kappa shape index (κ1) is 23.0. The average molecular weight is 438 g/mol. The minimum atomic E-state index is -0.606. The van der Waals surface area contributed by atoms with Gasteiger partial charge in [-0.25, -0.2) is 14.5 Å². The molecule has 168 valence electrons. The van der Waals surface area contributed by atoms with Crippen molar-refractivity contribution in [3.63, 3.8) is 0 Å². The Labute approximate surface area is 186 Å². The zero-order chi connectivity index (χ0) is 23.1. The number of nitrogens with zero attached hydrogens (tertiary/aromatic N) is 3. The number of benzene rings is 2. The molecular formula is C23H27N5O4. The maximum atomic E-state index is 12.8. The molecule has 0 saturated heterocycles. The molecule has 3 aromatic rings. The highest BCUT2D eigenvalue weighted by molar-refractivity contribution is 6.02. The Morgan fingerprint density at radius 1 is 1.03 bits per heavy atom. The largest absolute Gasteiger partial charge is 0.447 e. The Bertz CT molecular complexity index is 1090. The van der Waals surface area contributed by atoms with Gasteiger partial charge in [-0.05, 0) is 42.7 Å². The number of carbonyl (C=O) groups excluding carboxylic acids is 2. The minimum absolute atomic E-state index is 0.0541. The first-order valence-corrected chi connectivity index (χ1v) is 10.3. The predicted octanol–water partition coefficient (Wildman–Crippen LogP) is 4.15. The Kier molecular flexibility index (Phi) is 7.56. The Hall–Kier alpha value is -3.72. The smallest absolute Gasteiger partial charge is 0.411 e.